The first-order valence-corrected chi connectivity index (χ1v) is 9.79. The lowest BCUT2D eigenvalue weighted by atomic mass is 9.84. The summed E-state index contributed by atoms with van der Waals surface area (Å²) in [6.07, 6.45) is 10.7. The lowest BCUT2D eigenvalue weighted by Gasteiger charge is -2.36. The monoisotopic (exact) mass is 348 g/mol. The molecule has 6 nitrogen and oxygen atoms in total. The Morgan fingerprint density at radius 3 is 2.76 bits per heavy atom. The predicted molar refractivity (Wildman–Crippen MR) is 97.0 cm³/mol. The van der Waals surface area contributed by atoms with Crippen molar-refractivity contribution < 1.29 is 9.90 Å². The molecule has 0 aromatic carbocycles. The Morgan fingerprint density at radius 2 is 2.12 bits per heavy atom. The number of hydrogen-bond donors (Lipinski definition) is 2. The number of nitrogens with zero attached hydrogens (tertiary/aromatic N) is 3. The molecule has 1 aliphatic heterocycles. The van der Waals surface area contributed by atoms with Crippen LogP contribution in [0.1, 0.15) is 63.8 Å². The number of carbonyl (C=O) groups is 1. The van der Waals surface area contributed by atoms with Gasteiger partial charge in [0.15, 0.2) is 0 Å². The van der Waals surface area contributed by atoms with Crippen LogP contribution in [0.4, 0.5) is 4.79 Å². The highest BCUT2D eigenvalue weighted by atomic mass is 16.3. The van der Waals surface area contributed by atoms with E-state index >= 15 is 0 Å². The van der Waals surface area contributed by atoms with Crippen LogP contribution in [-0.4, -0.2) is 44.7 Å². The summed E-state index contributed by atoms with van der Waals surface area (Å²) in [6, 6.07) is 0.354. The number of carbonyl (C=O) groups excluding carboxylic acids is 1. The number of likely N-dealkylation sites (tertiary alicyclic amines) is 1. The van der Waals surface area contributed by atoms with Gasteiger partial charge < -0.3 is 19.9 Å². The molecule has 6 heteroatoms. The molecule has 2 atom stereocenters. The summed E-state index contributed by atoms with van der Waals surface area (Å²) in [5.74, 6) is 1.57. The van der Waals surface area contributed by atoms with E-state index < -0.39 is 6.10 Å². The van der Waals surface area contributed by atoms with E-state index in [1.807, 2.05) is 22.7 Å². The Balaban J connectivity index is 1.52. The van der Waals surface area contributed by atoms with Crippen LogP contribution in [-0.2, 0) is 7.05 Å². The normalized spacial score (nSPS) is 28.6. The van der Waals surface area contributed by atoms with Gasteiger partial charge >= 0.3 is 6.03 Å². The van der Waals surface area contributed by atoms with Crippen LogP contribution in [0.2, 0.25) is 0 Å². The maximum atomic E-state index is 12.7. The van der Waals surface area contributed by atoms with Gasteiger partial charge in [-0.15, -0.1) is 0 Å². The van der Waals surface area contributed by atoms with Crippen LogP contribution >= 0.6 is 0 Å². The average Bonchev–Trinajstić information content (AvgIpc) is 3.07. The van der Waals surface area contributed by atoms with Crippen molar-refractivity contribution in [2.24, 2.45) is 18.9 Å². The number of amides is 2. The molecule has 1 aromatic heterocycles. The molecule has 0 spiro atoms. The Kier molecular flexibility index (Phi) is 5.99. The first-order chi connectivity index (χ1) is 12.1. The molecule has 2 amide bonds. The third-order valence-electron chi connectivity index (χ3n) is 6.07. The van der Waals surface area contributed by atoms with E-state index in [-0.39, 0.29) is 11.9 Å². The molecule has 1 saturated carbocycles. The third-order valence-corrected chi connectivity index (χ3v) is 6.07. The number of aliphatic hydroxyl groups excluding tert-OH is 1. The molecule has 2 heterocycles. The molecule has 0 radical (unpaired) electrons. The highest BCUT2D eigenvalue weighted by Crippen LogP contribution is 2.30. The van der Waals surface area contributed by atoms with Crippen LogP contribution in [0.3, 0.4) is 0 Å². The van der Waals surface area contributed by atoms with Gasteiger partial charge in [-0.3, -0.25) is 0 Å². The smallest absolute Gasteiger partial charge is 0.317 e. The summed E-state index contributed by atoms with van der Waals surface area (Å²) in [5.41, 5.74) is 0. The fraction of sp³-hybridized carbons (Fsp3) is 0.789. The molecule has 1 saturated heterocycles. The number of aryl methyl sites for hydroxylation is 1. The number of urea groups is 1. The zero-order valence-corrected chi connectivity index (χ0v) is 15.5. The number of imidazole rings is 1. The molecule has 1 aliphatic carbocycles. The zero-order valence-electron chi connectivity index (χ0n) is 15.5. The predicted octanol–water partition coefficient (Wildman–Crippen LogP) is 2.84. The van der Waals surface area contributed by atoms with E-state index in [0.717, 1.165) is 38.1 Å². The number of rotatable bonds is 4. The van der Waals surface area contributed by atoms with E-state index in [9.17, 15) is 9.90 Å². The van der Waals surface area contributed by atoms with Gasteiger partial charge in [-0.25, -0.2) is 9.78 Å². The molecular formula is C19H32N4O2. The second kappa shape index (κ2) is 8.21. The largest absolute Gasteiger partial charge is 0.385 e. The minimum Gasteiger partial charge on any atom is -0.385 e. The summed E-state index contributed by atoms with van der Waals surface area (Å²) in [7, 11) is 1.89. The molecule has 1 aromatic rings. The van der Waals surface area contributed by atoms with Crippen LogP contribution in [0.25, 0.3) is 0 Å². The van der Waals surface area contributed by atoms with Crippen molar-refractivity contribution in [3.05, 3.63) is 18.2 Å². The maximum Gasteiger partial charge on any atom is 0.317 e. The Bertz CT molecular complexity index is 566. The van der Waals surface area contributed by atoms with Crippen molar-refractivity contribution in [3.63, 3.8) is 0 Å². The first kappa shape index (κ1) is 18.2. The molecule has 2 unspecified atom stereocenters. The van der Waals surface area contributed by atoms with E-state index in [2.05, 4.69) is 17.2 Å². The van der Waals surface area contributed by atoms with Crippen LogP contribution in [0, 0.1) is 11.8 Å². The first-order valence-electron chi connectivity index (χ1n) is 9.79. The molecule has 2 fully saturated rings. The number of hydrogen-bond acceptors (Lipinski definition) is 3. The minimum absolute atomic E-state index is 0.0386. The number of aliphatic hydroxyl groups is 1. The highest BCUT2D eigenvalue weighted by Gasteiger charge is 2.32. The van der Waals surface area contributed by atoms with Crippen LogP contribution in [0.15, 0.2) is 12.4 Å². The Labute approximate surface area is 150 Å². The molecule has 3 rings (SSSR count). The van der Waals surface area contributed by atoms with Crippen molar-refractivity contribution in [1.82, 2.24) is 19.8 Å². The van der Waals surface area contributed by atoms with Gasteiger partial charge in [-0.05, 0) is 44.4 Å². The SMILES string of the molecule is CCC1CCC(NC(=O)N2CCCC(C(O)c3nccn3C)C2)CC1. The molecule has 2 aliphatic rings. The Morgan fingerprint density at radius 1 is 1.36 bits per heavy atom. The fourth-order valence-corrected chi connectivity index (χ4v) is 4.31. The highest BCUT2D eigenvalue weighted by molar-refractivity contribution is 5.74. The second-order valence-corrected chi connectivity index (χ2v) is 7.76. The maximum absolute atomic E-state index is 12.7. The van der Waals surface area contributed by atoms with Gasteiger partial charge in [0.05, 0.1) is 0 Å². The number of piperidine rings is 1. The zero-order chi connectivity index (χ0) is 17.8. The van der Waals surface area contributed by atoms with Crippen LogP contribution < -0.4 is 5.32 Å². The van der Waals surface area contributed by atoms with Gasteiger partial charge in [0, 0.05) is 44.5 Å². The minimum atomic E-state index is -0.615. The standard InChI is InChI=1S/C19H32N4O2/c1-3-14-6-8-16(9-7-14)21-19(25)23-11-4-5-15(13-23)17(24)18-20-10-12-22(18)2/h10,12,14-17,24H,3-9,11,13H2,1-2H3,(H,21,25). The van der Waals surface area contributed by atoms with Crippen molar-refractivity contribution in [3.8, 4) is 0 Å². The lowest BCUT2D eigenvalue weighted by Crippen LogP contribution is -2.50. The number of aromatic nitrogens is 2. The van der Waals surface area contributed by atoms with Gasteiger partial charge in [-0.2, -0.15) is 0 Å². The molecule has 140 valence electrons. The average molecular weight is 348 g/mol. The van der Waals surface area contributed by atoms with Gasteiger partial charge in [0.2, 0.25) is 0 Å². The second-order valence-electron chi connectivity index (χ2n) is 7.76. The van der Waals surface area contributed by atoms with Gasteiger partial charge in [0.1, 0.15) is 11.9 Å². The van der Waals surface area contributed by atoms with Gasteiger partial charge in [0.25, 0.3) is 0 Å². The molecule has 25 heavy (non-hydrogen) atoms. The van der Waals surface area contributed by atoms with Gasteiger partial charge in [-0.1, -0.05) is 13.3 Å². The van der Waals surface area contributed by atoms with E-state index in [1.165, 1.54) is 19.3 Å². The summed E-state index contributed by atoms with van der Waals surface area (Å²) in [4.78, 5) is 18.8. The summed E-state index contributed by atoms with van der Waals surface area (Å²) < 4.78 is 1.86. The topological polar surface area (TPSA) is 70.4 Å². The quantitative estimate of drug-likeness (QED) is 0.879. The van der Waals surface area contributed by atoms with Crippen molar-refractivity contribution in [1.29, 1.82) is 0 Å². The Hall–Kier alpha value is -1.56. The molecule has 0 bridgehead atoms. The fourth-order valence-electron chi connectivity index (χ4n) is 4.31. The molecule has 2 N–H and O–H groups in total. The molecular weight excluding hydrogens is 316 g/mol. The van der Waals surface area contributed by atoms with Crippen LogP contribution in [0.5, 0.6) is 0 Å². The van der Waals surface area contributed by atoms with Crippen molar-refractivity contribution in [2.75, 3.05) is 13.1 Å². The summed E-state index contributed by atoms with van der Waals surface area (Å²) in [5, 5.41) is 13.9. The number of nitrogens with one attached hydrogen (secondary N) is 1. The summed E-state index contributed by atoms with van der Waals surface area (Å²) >= 11 is 0. The summed E-state index contributed by atoms with van der Waals surface area (Å²) in [6.45, 7) is 3.63. The lowest BCUT2D eigenvalue weighted by molar-refractivity contribution is 0.0524. The van der Waals surface area contributed by atoms with E-state index in [1.54, 1.807) is 6.20 Å². The van der Waals surface area contributed by atoms with E-state index in [4.69, 9.17) is 0 Å². The van der Waals surface area contributed by atoms with E-state index in [0.29, 0.717) is 18.4 Å². The van der Waals surface area contributed by atoms with Crippen molar-refractivity contribution >= 4 is 6.03 Å². The van der Waals surface area contributed by atoms with Crippen molar-refractivity contribution in [2.45, 2.75) is 64.0 Å². The third kappa shape index (κ3) is 4.35.